The molecule has 0 fully saturated rings. The van der Waals surface area contributed by atoms with E-state index in [0.29, 0.717) is 16.6 Å². The molecule has 0 aliphatic rings. The van der Waals surface area contributed by atoms with Crippen LogP contribution in [0.25, 0.3) is 23.1 Å². The maximum Gasteiger partial charge on any atom is 0.328 e. The number of hydrogen-bond acceptors (Lipinski definition) is 5. The lowest BCUT2D eigenvalue weighted by atomic mass is 10.0. The number of carboxylic acids is 1. The topological polar surface area (TPSA) is 118 Å². The molecule has 7 nitrogen and oxygen atoms in total. The predicted octanol–water partition coefficient (Wildman–Crippen LogP) is 2.48. The van der Waals surface area contributed by atoms with E-state index in [9.17, 15) is 14.0 Å². The van der Waals surface area contributed by atoms with Crippen LogP contribution in [-0.2, 0) is 4.79 Å². The number of fused-ring (bicyclic) bond motifs is 1. The van der Waals surface area contributed by atoms with Crippen molar-refractivity contribution in [2.24, 2.45) is 5.73 Å². The lowest BCUT2D eigenvalue weighted by Gasteiger charge is -2.11. The fourth-order valence-electron chi connectivity index (χ4n) is 2.66. The third-order valence-electron chi connectivity index (χ3n) is 4.03. The molecule has 1 heterocycles. The van der Waals surface area contributed by atoms with Crippen molar-refractivity contribution in [3.05, 3.63) is 59.0 Å². The number of ketones is 1. The molecule has 0 saturated heterocycles. The number of methoxy groups -OCH3 is 1. The summed E-state index contributed by atoms with van der Waals surface area (Å²) in [5.41, 5.74) is 7.34. The number of H-pyrrole nitrogens is 1. The number of rotatable bonds is 6. The first-order valence-electron chi connectivity index (χ1n) is 7.93. The van der Waals surface area contributed by atoms with Gasteiger partial charge in [0.25, 0.3) is 0 Å². The number of hydrogen-bond donors (Lipinski definition) is 3. The first-order valence-corrected chi connectivity index (χ1v) is 7.93. The molecular formula is C19H16FN3O4. The monoisotopic (exact) mass is 369 g/mol. The van der Waals surface area contributed by atoms with E-state index in [2.05, 4.69) is 10.2 Å². The van der Waals surface area contributed by atoms with Crippen LogP contribution in [0.2, 0.25) is 0 Å². The summed E-state index contributed by atoms with van der Waals surface area (Å²) in [6, 6.07) is 7.23. The van der Waals surface area contributed by atoms with Crippen LogP contribution in [0.3, 0.4) is 0 Å². The van der Waals surface area contributed by atoms with Gasteiger partial charge in [0.2, 0.25) is 0 Å². The van der Waals surface area contributed by atoms with E-state index in [4.69, 9.17) is 15.6 Å². The molecule has 2 aromatic carbocycles. The van der Waals surface area contributed by atoms with Gasteiger partial charge in [-0.3, -0.25) is 14.7 Å². The second-order valence-corrected chi connectivity index (χ2v) is 5.74. The Morgan fingerprint density at radius 2 is 1.93 bits per heavy atom. The van der Waals surface area contributed by atoms with Gasteiger partial charge in [-0.2, -0.15) is 5.10 Å². The summed E-state index contributed by atoms with van der Waals surface area (Å²) in [5.74, 6) is -2.35. The third kappa shape index (κ3) is 3.56. The molecule has 0 saturated carbocycles. The first-order chi connectivity index (χ1) is 12.9. The molecule has 138 valence electrons. The number of ether oxygens (including phenoxy) is 1. The summed E-state index contributed by atoms with van der Waals surface area (Å²) in [5, 5.41) is 16.5. The fraction of sp³-hybridized carbons (Fsp3) is 0.105. The van der Waals surface area contributed by atoms with Gasteiger partial charge in [-0.15, -0.1) is 0 Å². The Hall–Kier alpha value is -3.52. The number of nitrogens with zero attached hydrogens (tertiary/aromatic N) is 1. The van der Waals surface area contributed by atoms with E-state index in [-0.39, 0.29) is 17.1 Å². The lowest BCUT2D eigenvalue weighted by Crippen LogP contribution is -2.38. The number of nitrogens with two attached hydrogens (primary N) is 1. The minimum absolute atomic E-state index is 0.0535. The van der Waals surface area contributed by atoms with Gasteiger partial charge < -0.3 is 15.6 Å². The average Bonchev–Trinajstić information content (AvgIpc) is 3.08. The normalized spacial score (nSPS) is 12.4. The third-order valence-corrected chi connectivity index (χ3v) is 4.03. The Morgan fingerprint density at radius 3 is 2.56 bits per heavy atom. The van der Waals surface area contributed by atoms with Gasteiger partial charge in [0.1, 0.15) is 11.6 Å². The number of Topliss-reactive ketones (excluding diaryl/α,β-unsaturated/α-hetero) is 1. The number of nitrogens with one attached hydrogen (secondary N) is 1. The highest BCUT2D eigenvalue weighted by Crippen LogP contribution is 2.33. The second-order valence-electron chi connectivity index (χ2n) is 5.74. The fourth-order valence-corrected chi connectivity index (χ4v) is 2.66. The van der Waals surface area contributed by atoms with Crippen molar-refractivity contribution in [3.63, 3.8) is 0 Å². The number of benzene rings is 2. The molecule has 0 aliphatic carbocycles. The summed E-state index contributed by atoms with van der Waals surface area (Å²) in [7, 11) is 1.37. The average molecular weight is 369 g/mol. The highest BCUT2D eigenvalue weighted by Gasteiger charge is 2.27. The van der Waals surface area contributed by atoms with Crippen LogP contribution in [-0.4, -0.2) is 40.2 Å². The summed E-state index contributed by atoms with van der Waals surface area (Å²) >= 11 is 0. The summed E-state index contributed by atoms with van der Waals surface area (Å²) in [6.45, 7) is 0. The SMILES string of the molecule is COc1c(C(=O)C(N)C(=O)O)ccc2n[nH]c(/C=C/c3ccc(F)cc3)c12. The molecule has 0 aliphatic heterocycles. The van der Waals surface area contributed by atoms with Crippen LogP contribution in [0.5, 0.6) is 5.75 Å². The van der Waals surface area contributed by atoms with E-state index in [1.54, 1.807) is 30.4 Å². The molecule has 1 aromatic heterocycles. The Labute approximate surface area is 153 Å². The first kappa shape index (κ1) is 18.3. The lowest BCUT2D eigenvalue weighted by molar-refractivity contribution is -0.137. The summed E-state index contributed by atoms with van der Waals surface area (Å²) < 4.78 is 18.4. The van der Waals surface area contributed by atoms with E-state index < -0.39 is 17.8 Å². The Kier molecular flexibility index (Phi) is 5.00. The molecule has 1 unspecified atom stereocenters. The van der Waals surface area contributed by atoms with E-state index in [1.165, 1.54) is 25.3 Å². The van der Waals surface area contributed by atoms with Gasteiger partial charge in [-0.05, 0) is 35.9 Å². The van der Waals surface area contributed by atoms with Gasteiger partial charge >= 0.3 is 5.97 Å². The van der Waals surface area contributed by atoms with Crippen molar-refractivity contribution in [3.8, 4) is 5.75 Å². The van der Waals surface area contributed by atoms with Crippen molar-refractivity contribution in [2.45, 2.75) is 6.04 Å². The molecule has 3 rings (SSSR count). The molecule has 0 spiro atoms. The number of aromatic nitrogens is 2. The number of aromatic amines is 1. The van der Waals surface area contributed by atoms with Crippen molar-refractivity contribution < 1.29 is 23.8 Å². The molecule has 0 radical (unpaired) electrons. The van der Waals surface area contributed by atoms with Crippen molar-refractivity contribution in [1.29, 1.82) is 0 Å². The molecule has 8 heteroatoms. The number of halogens is 1. The summed E-state index contributed by atoms with van der Waals surface area (Å²) in [6.07, 6.45) is 3.44. The Balaban J connectivity index is 2.07. The smallest absolute Gasteiger partial charge is 0.328 e. The Bertz CT molecular complexity index is 1040. The zero-order valence-corrected chi connectivity index (χ0v) is 14.3. The molecule has 4 N–H and O–H groups in total. The standard InChI is InChI=1S/C19H16FN3O4/c1-27-18-12(17(24)16(21)19(25)26)7-9-14-15(18)13(22-23-14)8-4-10-2-5-11(20)6-3-10/h2-9,16H,21H2,1H3,(H,22,23)(H,25,26)/b8-4+. The number of carbonyl (C=O) groups excluding carboxylic acids is 1. The van der Waals surface area contributed by atoms with Crippen molar-refractivity contribution in [2.75, 3.05) is 7.11 Å². The number of aliphatic carboxylic acids is 1. The quantitative estimate of drug-likeness (QED) is 0.454. The number of carbonyl (C=O) groups is 2. The van der Waals surface area contributed by atoms with E-state index in [0.717, 1.165) is 5.56 Å². The van der Waals surface area contributed by atoms with Gasteiger partial charge in [0, 0.05) is 0 Å². The predicted molar refractivity (Wildman–Crippen MR) is 97.9 cm³/mol. The molecule has 1 atom stereocenters. The van der Waals surface area contributed by atoms with Crippen LogP contribution < -0.4 is 10.5 Å². The maximum atomic E-state index is 13.0. The zero-order valence-electron chi connectivity index (χ0n) is 14.3. The van der Waals surface area contributed by atoms with Crippen LogP contribution in [0.4, 0.5) is 4.39 Å². The van der Waals surface area contributed by atoms with Gasteiger partial charge in [-0.1, -0.05) is 18.2 Å². The summed E-state index contributed by atoms with van der Waals surface area (Å²) in [4.78, 5) is 23.4. The highest BCUT2D eigenvalue weighted by atomic mass is 19.1. The molecule has 27 heavy (non-hydrogen) atoms. The minimum Gasteiger partial charge on any atom is -0.495 e. The van der Waals surface area contributed by atoms with Gasteiger partial charge in [0.15, 0.2) is 11.8 Å². The molecule has 0 bridgehead atoms. The highest BCUT2D eigenvalue weighted by molar-refractivity contribution is 6.15. The van der Waals surface area contributed by atoms with Crippen LogP contribution in [0, 0.1) is 5.82 Å². The molecular weight excluding hydrogens is 353 g/mol. The van der Waals surface area contributed by atoms with Crippen LogP contribution >= 0.6 is 0 Å². The van der Waals surface area contributed by atoms with Gasteiger partial charge in [0.05, 0.1) is 29.3 Å². The van der Waals surface area contributed by atoms with Crippen molar-refractivity contribution >= 4 is 34.8 Å². The van der Waals surface area contributed by atoms with Crippen LogP contribution in [0.15, 0.2) is 36.4 Å². The second kappa shape index (κ2) is 7.38. The molecule has 3 aromatic rings. The van der Waals surface area contributed by atoms with Gasteiger partial charge in [-0.25, -0.2) is 4.39 Å². The van der Waals surface area contributed by atoms with E-state index >= 15 is 0 Å². The number of carboxylic acid groups (broad SMARTS) is 1. The maximum absolute atomic E-state index is 13.0. The zero-order chi connectivity index (χ0) is 19.6. The van der Waals surface area contributed by atoms with E-state index in [1.807, 2.05) is 0 Å². The Morgan fingerprint density at radius 1 is 1.22 bits per heavy atom. The van der Waals surface area contributed by atoms with Crippen LogP contribution in [0.1, 0.15) is 21.6 Å². The minimum atomic E-state index is -1.69. The van der Waals surface area contributed by atoms with Crippen molar-refractivity contribution in [1.82, 2.24) is 10.2 Å². The molecule has 0 amide bonds. The largest absolute Gasteiger partial charge is 0.495 e.